The van der Waals surface area contributed by atoms with Gasteiger partial charge < -0.3 is 9.64 Å². The van der Waals surface area contributed by atoms with Gasteiger partial charge in [0.25, 0.3) is 5.91 Å². The van der Waals surface area contributed by atoms with E-state index in [1.54, 1.807) is 7.11 Å². The molecule has 1 aliphatic heterocycles. The summed E-state index contributed by atoms with van der Waals surface area (Å²) < 4.78 is 5.42. The number of carbonyl (C=O) groups excluding carboxylic acids is 1. The predicted octanol–water partition coefficient (Wildman–Crippen LogP) is 4.67. The van der Waals surface area contributed by atoms with Crippen molar-refractivity contribution in [2.24, 2.45) is 0 Å². The first kappa shape index (κ1) is 16.6. The van der Waals surface area contributed by atoms with Crippen molar-refractivity contribution >= 4 is 16.8 Å². The summed E-state index contributed by atoms with van der Waals surface area (Å²) >= 11 is 0. The van der Waals surface area contributed by atoms with Crippen LogP contribution < -0.4 is 4.74 Å². The molecule has 1 aliphatic rings. The fourth-order valence-corrected chi connectivity index (χ4v) is 3.62. The molecule has 0 spiro atoms. The van der Waals surface area contributed by atoms with Gasteiger partial charge in [0, 0.05) is 24.0 Å². The Morgan fingerprint density at radius 3 is 2.69 bits per heavy atom. The molecule has 0 saturated heterocycles. The molecular weight excluding hydrogens is 324 g/mol. The van der Waals surface area contributed by atoms with Crippen molar-refractivity contribution in [2.75, 3.05) is 13.7 Å². The van der Waals surface area contributed by atoms with Gasteiger partial charge in [0.2, 0.25) is 0 Å². The zero-order chi connectivity index (χ0) is 18.1. The van der Waals surface area contributed by atoms with Crippen LogP contribution in [0.3, 0.4) is 0 Å². The van der Waals surface area contributed by atoms with Crippen LogP contribution in [-0.2, 0) is 6.54 Å². The van der Waals surface area contributed by atoms with Gasteiger partial charge in [0.05, 0.1) is 12.6 Å². The second kappa shape index (κ2) is 6.79. The second-order valence-corrected chi connectivity index (χ2v) is 6.64. The molecule has 0 unspecified atom stereocenters. The molecule has 3 aromatic rings. The summed E-state index contributed by atoms with van der Waals surface area (Å²) in [6.45, 7) is 3.54. The van der Waals surface area contributed by atoms with E-state index in [-0.39, 0.29) is 5.91 Å². The molecule has 0 radical (unpaired) electrons. The minimum absolute atomic E-state index is 0.0448. The fourth-order valence-electron chi connectivity index (χ4n) is 3.62. The predicted molar refractivity (Wildman–Crippen MR) is 103 cm³/mol. The quantitative estimate of drug-likeness (QED) is 0.674. The maximum Gasteiger partial charge on any atom is 0.273 e. The van der Waals surface area contributed by atoms with Gasteiger partial charge in [-0.05, 0) is 35.7 Å². The Kier molecular flexibility index (Phi) is 4.33. The summed E-state index contributed by atoms with van der Waals surface area (Å²) in [6, 6.07) is 16.1. The number of nitrogens with zero attached hydrogens (tertiary/aromatic N) is 2. The van der Waals surface area contributed by atoms with Crippen LogP contribution in [0.1, 0.15) is 35.8 Å². The van der Waals surface area contributed by atoms with E-state index in [0.29, 0.717) is 12.2 Å². The topological polar surface area (TPSA) is 42.4 Å². The van der Waals surface area contributed by atoms with E-state index in [0.717, 1.165) is 52.7 Å². The van der Waals surface area contributed by atoms with Crippen LogP contribution in [0.5, 0.6) is 5.75 Å². The Hall–Kier alpha value is -2.88. The number of methoxy groups -OCH3 is 1. The third kappa shape index (κ3) is 2.71. The number of aromatic nitrogens is 1. The maximum absolute atomic E-state index is 12.9. The van der Waals surface area contributed by atoms with Gasteiger partial charge in [-0.1, -0.05) is 43.7 Å². The Balaban J connectivity index is 1.96. The number of hydrogen-bond acceptors (Lipinski definition) is 3. The van der Waals surface area contributed by atoms with Crippen molar-refractivity contribution in [1.82, 2.24) is 9.88 Å². The molecule has 1 aromatic heterocycles. The van der Waals surface area contributed by atoms with Gasteiger partial charge in [0.15, 0.2) is 0 Å². The normalized spacial score (nSPS) is 13.3. The number of fused-ring (bicyclic) bond motifs is 2. The summed E-state index contributed by atoms with van der Waals surface area (Å²) in [4.78, 5) is 19.5. The van der Waals surface area contributed by atoms with Crippen molar-refractivity contribution < 1.29 is 9.53 Å². The molecule has 0 fully saturated rings. The third-order valence-electron chi connectivity index (χ3n) is 4.98. The monoisotopic (exact) mass is 346 g/mol. The number of rotatable bonds is 5. The van der Waals surface area contributed by atoms with Crippen molar-refractivity contribution in [1.29, 1.82) is 0 Å². The molecule has 0 N–H and O–H groups in total. The van der Waals surface area contributed by atoms with E-state index in [2.05, 4.69) is 19.1 Å². The van der Waals surface area contributed by atoms with E-state index in [9.17, 15) is 4.79 Å². The second-order valence-electron chi connectivity index (χ2n) is 6.64. The lowest BCUT2D eigenvalue weighted by atomic mass is 9.95. The molecular formula is C22H22N2O2. The number of amides is 1. The van der Waals surface area contributed by atoms with Gasteiger partial charge in [-0.25, -0.2) is 4.98 Å². The molecule has 4 heteroatoms. The highest BCUT2D eigenvalue weighted by molar-refractivity contribution is 6.06. The molecule has 2 aromatic carbocycles. The molecule has 0 aliphatic carbocycles. The van der Waals surface area contributed by atoms with Crippen LogP contribution in [0, 0.1) is 0 Å². The number of pyridine rings is 1. The van der Waals surface area contributed by atoms with Gasteiger partial charge >= 0.3 is 0 Å². The Labute approximate surface area is 153 Å². The first-order valence-electron chi connectivity index (χ1n) is 9.08. The molecule has 26 heavy (non-hydrogen) atoms. The minimum Gasteiger partial charge on any atom is -0.497 e. The first-order valence-corrected chi connectivity index (χ1v) is 9.08. The SMILES string of the molecule is CCCCN1Cc2c(nc3ccc(OC)cc3c2-c2ccccc2)C1=O. The van der Waals surface area contributed by atoms with Gasteiger partial charge in [-0.15, -0.1) is 0 Å². The largest absolute Gasteiger partial charge is 0.497 e. The van der Waals surface area contributed by atoms with E-state index in [4.69, 9.17) is 9.72 Å². The lowest BCUT2D eigenvalue weighted by molar-refractivity contribution is 0.0772. The van der Waals surface area contributed by atoms with Crippen molar-refractivity contribution in [3.05, 3.63) is 59.8 Å². The average Bonchev–Trinajstić information content (AvgIpc) is 3.00. The Morgan fingerprint density at radius 1 is 1.15 bits per heavy atom. The van der Waals surface area contributed by atoms with Crippen LogP contribution in [0.25, 0.3) is 22.0 Å². The van der Waals surface area contributed by atoms with E-state index in [1.807, 2.05) is 41.3 Å². The summed E-state index contributed by atoms with van der Waals surface area (Å²) in [5.41, 5.74) is 4.65. The van der Waals surface area contributed by atoms with E-state index >= 15 is 0 Å². The molecule has 1 amide bonds. The van der Waals surface area contributed by atoms with E-state index < -0.39 is 0 Å². The summed E-state index contributed by atoms with van der Waals surface area (Å²) in [5, 5.41) is 1.03. The molecule has 0 atom stereocenters. The standard InChI is InChI=1S/C22H22N2O2/c1-3-4-12-24-14-18-20(15-8-6-5-7-9-15)17-13-16(26-2)10-11-19(17)23-21(18)22(24)25/h5-11,13H,3-4,12,14H2,1-2H3. The van der Waals surface area contributed by atoms with Gasteiger partial charge in [0.1, 0.15) is 11.4 Å². The smallest absolute Gasteiger partial charge is 0.273 e. The molecule has 0 bridgehead atoms. The zero-order valence-electron chi connectivity index (χ0n) is 15.2. The number of benzene rings is 2. The minimum atomic E-state index is 0.0448. The highest BCUT2D eigenvalue weighted by Gasteiger charge is 2.32. The Bertz CT molecular complexity index is 967. The highest BCUT2D eigenvalue weighted by atomic mass is 16.5. The van der Waals surface area contributed by atoms with Crippen LogP contribution in [0.15, 0.2) is 48.5 Å². The number of ether oxygens (including phenoxy) is 1. The zero-order valence-corrected chi connectivity index (χ0v) is 15.2. The summed E-state index contributed by atoms with van der Waals surface area (Å²) in [5.74, 6) is 0.840. The molecule has 4 nitrogen and oxygen atoms in total. The average molecular weight is 346 g/mol. The number of unbranched alkanes of at least 4 members (excludes halogenated alkanes) is 1. The lowest BCUT2D eigenvalue weighted by Crippen LogP contribution is -2.25. The summed E-state index contributed by atoms with van der Waals surface area (Å²) in [7, 11) is 1.67. The third-order valence-corrected chi connectivity index (χ3v) is 4.98. The van der Waals surface area contributed by atoms with E-state index in [1.165, 1.54) is 0 Å². The maximum atomic E-state index is 12.9. The molecule has 132 valence electrons. The first-order chi connectivity index (χ1) is 12.7. The summed E-state index contributed by atoms with van der Waals surface area (Å²) in [6.07, 6.45) is 2.08. The van der Waals surface area contributed by atoms with Crippen LogP contribution in [0.2, 0.25) is 0 Å². The van der Waals surface area contributed by atoms with Gasteiger partial charge in [-0.3, -0.25) is 4.79 Å². The molecule has 4 rings (SSSR count). The van der Waals surface area contributed by atoms with Crippen LogP contribution >= 0.6 is 0 Å². The van der Waals surface area contributed by atoms with Crippen molar-refractivity contribution in [3.63, 3.8) is 0 Å². The molecule has 2 heterocycles. The Morgan fingerprint density at radius 2 is 1.96 bits per heavy atom. The lowest BCUT2D eigenvalue weighted by Gasteiger charge is -2.15. The van der Waals surface area contributed by atoms with Gasteiger partial charge in [-0.2, -0.15) is 0 Å². The number of carbonyl (C=O) groups is 1. The van der Waals surface area contributed by atoms with Crippen molar-refractivity contribution in [2.45, 2.75) is 26.3 Å². The van der Waals surface area contributed by atoms with Crippen LogP contribution in [0.4, 0.5) is 0 Å². The van der Waals surface area contributed by atoms with Crippen molar-refractivity contribution in [3.8, 4) is 16.9 Å². The fraction of sp³-hybridized carbons (Fsp3) is 0.273. The van der Waals surface area contributed by atoms with Crippen LogP contribution in [-0.4, -0.2) is 29.4 Å². The highest BCUT2D eigenvalue weighted by Crippen LogP contribution is 2.38. The molecule has 0 saturated carbocycles. The number of hydrogen-bond donors (Lipinski definition) is 0.